The van der Waals surface area contributed by atoms with E-state index in [9.17, 15) is 0 Å². The van der Waals surface area contributed by atoms with Gasteiger partial charge in [-0.25, -0.2) is 0 Å². The summed E-state index contributed by atoms with van der Waals surface area (Å²) in [6.07, 6.45) is 12.9. The lowest BCUT2D eigenvalue weighted by atomic mass is 9.79. The van der Waals surface area contributed by atoms with Crippen molar-refractivity contribution in [1.82, 2.24) is 0 Å². The molecule has 3 aliphatic rings. The average Bonchev–Trinajstić information content (AvgIpc) is 2.76. The molecular weight excluding hydrogens is 226 g/mol. The molecule has 0 aromatic carbocycles. The average molecular weight is 253 g/mol. The van der Waals surface area contributed by atoms with Crippen LogP contribution in [0.25, 0.3) is 0 Å². The number of hydrogen-bond donors (Lipinski definition) is 1. The van der Waals surface area contributed by atoms with Crippen LogP contribution in [0.1, 0.15) is 64.2 Å². The van der Waals surface area contributed by atoms with Crippen LogP contribution in [-0.2, 0) is 9.47 Å². The van der Waals surface area contributed by atoms with Gasteiger partial charge in [-0.3, -0.25) is 0 Å². The normalized spacial score (nSPS) is 40.2. The minimum atomic E-state index is 0.169. The third kappa shape index (κ3) is 2.89. The van der Waals surface area contributed by atoms with Gasteiger partial charge in [-0.2, -0.15) is 0 Å². The summed E-state index contributed by atoms with van der Waals surface area (Å²) in [5.74, 6) is 0. The fourth-order valence-electron chi connectivity index (χ4n) is 4.01. The van der Waals surface area contributed by atoms with Crippen molar-refractivity contribution in [3.63, 3.8) is 0 Å². The van der Waals surface area contributed by atoms with Crippen molar-refractivity contribution in [2.45, 2.75) is 88.1 Å². The zero-order chi connectivity index (χ0) is 12.4. The fourth-order valence-corrected chi connectivity index (χ4v) is 4.01. The third-order valence-corrected chi connectivity index (χ3v) is 5.02. The molecule has 0 aromatic rings. The molecule has 0 bridgehead atoms. The standard InChI is InChI=1S/C15H27NO2/c16-12-4-5-13(10-12)18-14-6-9-17-15(11-14)7-2-1-3-8-15/h12-14H,1-11,16H2. The molecule has 0 amide bonds. The summed E-state index contributed by atoms with van der Waals surface area (Å²) in [4.78, 5) is 0. The molecule has 3 nitrogen and oxygen atoms in total. The predicted molar refractivity (Wildman–Crippen MR) is 71.5 cm³/mol. The summed E-state index contributed by atoms with van der Waals surface area (Å²) in [7, 11) is 0. The Morgan fingerprint density at radius 1 is 1.00 bits per heavy atom. The lowest BCUT2D eigenvalue weighted by Gasteiger charge is -2.43. The molecule has 3 heteroatoms. The highest BCUT2D eigenvalue weighted by Crippen LogP contribution is 2.40. The second kappa shape index (κ2) is 5.48. The van der Waals surface area contributed by atoms with E-state index in [1.165, 1.54) is 32.1 Å². The second-order valence-corrected chi connectivity index (χ2v) is 6.54. The molecule has 18 heavy (non-hydrogen) atoms. The highest BCUT2D eigenvalue weighted by Gasteiger charge is 2.39. The maximum absolute atomic E-state index is 6.29. The van der Waals surface area contributed by atoms with Gasteiger partial charge in [0.15, 0.2) is 0 Å². The predicted octanol–water partition coefficient (Wildman–Crippen LogP) is 2.76. The summed E-state index contributed by atoms with van der Waals surface area (Å²) in [6, 6.07) is 0.374. The lowest BCUT2D eigenvalue weighted by Crippen LogP contribution is -2.44. The van der Waals surface area contributed by atoms with Crippen molar-refractivity contribution in [3.8, 4) is 0 Å². The van der Waals surface area contributed by atoms with E-state index in [0.29, 0.717) is 18.2 Å². The van der Waals surface area contributed by atoms with Gasteiger partial charge in [0.05, 0.1) is 17.8 Å². The molecule has 104 valence electrons. The van der Waals surface area contributed by atoms with Gasteiger partial charge in [0.25, 0.3) is 0 Å². The van der Waals surface area contributed by atoms with E-state index in [4.69, 9.17) is 15.2 Å². The monoisotopic (exact) mass is 253 g/mol. The van der Waals surface area contributed by atoms with E-state index in [-0.39, 0.29) is 5.60 Å². The molecule has 2 N–H and O–H groups in total. The highest BCUT2D eigenvalue weighted by molar-refractivity contribution is 4.91. The Labute approximate surface area is 110 Å². The van der Waals surface area contributed by atoms with Crippen LogP contribution in [0.2, 0.25) is 0 Å². The second-order valence-electron chi connectivity index (χ2n) is 6.54. The molecule has 3 atom stereocenters. The van der Waals surface area contributed by atoms with Crippen LogP contribution in [0.4, 0.5) is 0 Å². The van der Waals surface area contributed by atoms with Gasteiger partial charge in [0.1, 0.15) is 0 Å². The summed E-state index contributed by atoms with van der Waals surface area (Å²) >= 11 is 0. The first-order chi connectivity index (χ1) is 8.76. The molecule has 2 aliphatic carbocycles. The van der Waals surface area contributed by atoms with Crippen molar-refractivity contribution < 1.29 is 9.47 Å². The van der Waals surface area contributed by atoms with Crippen LogP contribution in [-0.4, -0.2) is 30.5 Å². The Morgan fingerprint density at radius 3 is 2.56 bits per heavy atom. The third-order valence-electron chi connectivity index (χ3n) is 5.02. The topological polar surface area (TPSA) is 44.5 Å². The fraction of sp³-hybridized carbons (Fsp3) is 1.00. The molecule has 1 saturated heterocycles. The largest absolute Gasteiger partial charge is 0.375 e. The molecule has 3 unspecified atom stereocenters. The zero-order valence-electron chi connectivity index (χ0n) is 11.4. The summed E-state index contributed by atoms with van der Waals surface area (Å²) in [5.41, 5.74) is 6.13. The van der Waals surface area contributed by atoms with Crippen molar-refractivity contribution >= 4 is 0 Å². The van der Waals surface area contributed by atoms with Crippen LogP contribution in [0.15, 0.2) is 0 Å². The highest BCUT2D eigenvalue weighted by atomic mass is 16.5. The summed E-state index contributed by atoms with van der Waals surface area (Å²) in [5, 5.41) is 0. The van der Waals surface area contributed by atoms with Gasteiger partial charge in [-0.1, -0.05) is 19.3 Å². The maximum atomic E-state index is 6.29. The Kier molecular flexibility index (Phi) is 3.92. The number of hydrogen-bond acceptors (Lipinski definition) is 3. The van der Waals surface area contributed by atoms with Crippen molar-refractivity contribution in [2.75, 3.05) is 6.61 Å². The van der Waals surface area contributed by atoms with E-state index < -0.39 is 0 Å². The van der Waals surface area contributed by atoms with Gasteiger partial charge in [-0.05, 0) is 38.5 Å². The number of ether oxygens (including phenoxy) is 2. The first-order valence-corrected chi connectivity index (χ1v) is 7.81. The van der Waals surface area contributed by atoms with E-state index >= 15 is 0 Å². The molecular formula is C15H27NO2. The Hall–Kier alpha value is -0.120. The van der Waals surface area contributed by atoms with E-state index in [0.717, 1.165) is 38.7 Å². The van der Waals surface area contributed by atoms with E-state index in [1.54, 1.807) is 0 Å². The first kappa shape index (κ1) is 12.9. The first-order valence-electron chi connectivity index (χ1n) is 7.81. The molecule has 3 rings (SSSR count). The van der Waals surface area contributed by atoms with Crippen LogP contribution < -0.4 is 5.73 Å². The number of nitrogens with two attached hydrogens (primary N) is 1. The smallest absolute Gasteiger partial charge is 0.0707 e. The quantitative estimate of drug-likeness (QED) is 0.823. The number of rotatable bonds is 2. The van der Waals surface area contributed by atoms with Crippen LogP contribution >= 0.6 is 0 Å². The van der Waals surface area contributed by atoms with Crippen molar-refractivity contribution in [1.29, 1.82) is 0 Å². The molecule has 1 spiro atoms. The molecule has 2 saturated carbocycles. The van der Waals surface area contributed by atoms with Crippen molar-refractivity contribution in [3.05, 3.63) is 0 Å². The molecule has 3 fully saturated rings. The van der Waals surface area contributed by atoms with E-state index in [2.05, 4.69) is 0 Å². The lowest BCUT2D eigenvalue weighted by molar-refractivity contribution is -0.159. The molecule has 1 heterocycles. The Balaban J connectivity index is 1.53. The van der Waals surface area contributed by atoms with Crippen LogP contribution in [0.3, 0.4) is 0 Å². The Morgan fingerprint density at radius 2 is 1.83 bits per heavy atom. The minimum Gasteiger partial charge on any atom is -0.375 e. The van der Waals surface area contributed by atoms with Gasteiger partial charge >= 0.3 is 0 Å². The maximum Gasteiger partial charge on any atom is 0.0707 e. The zero-order valence-corrected chi connectivity index (χ0v) is 11.4. The summed E-state index contributed by atoms with van der Waals surface area (Å²) < 4.78 is 12.4. The van der Waals surface area contributed by atoms with Gasteiger partial charge in [0, 0.05) is 19.1 Å². The molecule has 0 aromatic heterocycles. The molecule has 1 aliphatic heterocycles. The molecule has 0 radical (unpaired) electrons. The van der Waals surface area contributed by atoms with Crippen LogP contribution in [0.5, 0.6) is 0 Å². The SMILES string of the molecule is NC1CCC(OC2CCOC3(CCCCC3)C2)C1. The van der Waals surface area contributed by atoms with E-state index in [1.807, 2.05) is 0 Å². The summed E-state index contributed by atoms with van der Waals surface area (Å²) in [6.45, 7) is 0.892. The van der Waals surface area contributed by atoms with Gasteiger partial charge in [-0.15, -0.1) is 0 Å². The van der Waals surface area contributed by atoms with Gasteiger partial charge in [0.2, 0.25) is 0 Å². The van der Waals surface area contributed by atoms with Crippen LogP contribution in [0, 0.1) is 0 Å². The minimum absolute atomic E-state index is 0.169. The Bertz CT molecular complexity index is 270. The van der Waals surface area contributed by atoms with Gasteiger partial charge < -0.3 is 15.2 Å². The van der Waals surface area contributed by atoms with Crippen molar-refractivity contribution in [2.24, 2.45) is 5.73 Å².